The minimum Gasteiger partial charge on any atom is -0.504 e. The van der Waals surface area contributed by atoms with Crippen molar-refractivity contribution in [3.63, 3.8) is 0 Å². The molecule has 1 amide bonds. The predicted octanol–water partition coefficient (Wildman–Crippen LogP) is 1.56. The maximum Gasteiger partial charge on any atom is 0.264 e. The molecule has 0 bridgehead atoms. The van der Waals surface area contributed by atoms with Crippen LogP contribution in [0.5, 0.6) is 11.5 Å². The highest BCUT2D eigenvalue weighted by atomic mass is 16.5. The topological polar surface area (TPSA) is 82.8 Å². The molecule has 1 aliphatic rings. The highest BCUT2D eigenvalue weighted by Crippen LogP contribution is 2.27. The lowest BCUT2D eigenvalue weighted by atomic mass is 10.1. The molecule has 22 heavy (non-hydrogen) atoms. The van der Waals surface area contributed by atoms with Crippen LogP contribution in [0.3, 0.4) is 0 Å². The minimum atomic E-state index is -0.308. The Morgan fingerprint density at radius 1 is 1.50 bits per heavy atom. The number of carbonyl (C=O) groups excluding carboxylic acids is 1. The summed E-state index contributed by atoms with van der Waals surface area (Å²) in [4.78, 5) is 13.9. The molecule has 0 aromatic heterocycles. The second-order valence-corrected chi connectivity index (χ2v) is 4.73. The molecule has 1 saturated heterocycles. The van der Waals surface area contributed by atoms with E-state index in [0.717, 1.165) is 0 Å². The molecule has 0 saturated carbocycles. The average Bonchev–Trinajstić information content (AvgIpc) is 2.56. The lowest BCUT2D eigenvalue weighted by Crippen LogP contribution is -2.41. The Morgan fingerprint density at radius 2 is 2.23 bits per heavy atom. The number of nitriles is 1. The predicted molar refractivity (Wildman–Crippen MR) is 80.3 cm³/mol. The summed E-state index contributed by atoms with van der Waals surface area (Å²) in [7, 11) is 0. The van der Waals surface area contributed by atoms with E-state index in [1.807, 2.05) is 13.0 Å². The Morgan fingerprint density at radius 3 is 2.86 bits per heavy atom. The maximum atomic E-state index is 12.3. The number of carbonyl (C=O) groups is 1. The van der Waals surface area contributed by atoms with Gasteiger partial charge in [-0.05, 0) is 30.7 Å². The van der Waals surface area contributed by atoms with E-state index in [2.05, 4.69) is 0 Å². The first-order chi connectivity index (χ1) is 10.7. The Kier molecular flexibility index (Phi) is 5.39. The summed E-state index contributed by atoms with van der Waals surface area (Å²) in [6, 6.07) is 6.64. The van der Waals surface area contributed by atoms with Crippen molar-refractivity contribution in [3.05, 3.63) is 29.3 Å². The minimum absolute atomic E-state index is 0.0250. The third-order valence-electron chi connectivity index (χ3n) is 3.24. The Labute approximate surface area is 129 Å². The van der Waals surface area contributed by atoms with E-state index in [-0.39, 0.29) is 17.2 Å². The van der Waals surface area contributed by atoms with Gasteiger partial charge in [0.15, 0.2) is 11.5 Å². The summed E-state index contributed by atoms with van der Waals surface area (Å²) in [5, 5.41) is 18.9. The number of aromatic hydroxyl groups is 1. The summed E-state index contributed by atoms with van der Waals surface area (Å²) >= 11 is 0. The van der Waals surface area contributed by atoms with E-state index in [1.165, 1.54) is 12.1 Å². The highest BCUT2D eigenvalue weighted by molar-refractivity contribution is 6.01. The molecule has 2 rings (SSSR count). The van der Waals surface area contributed by atoms with Crippen molar-refractivity contribution in [2.45, 2.75) is 6.92 Å². The van der Waals surface area contributed by atoms with Gasteiger partial charge in [-0.25, -0.2) is 0 Å². The van der Waals surface area contributed by atoms with Gasteiger partial charge in [0.25, 0.3) is 5.91 Å². The first kappa shape index (κ1) is 15.9. The van der Waals surface area contributed by atoms with Gasteiger partial charge in [0.05, 0.1) is 19.8 Å². The van der Waals surface area contributed by atoms with Gasteiger partial charge in [-0.15, -0.1) is 0 Å². The van der Waals surface area contributed by atoms with Crippen molar-refractivity contribution in [1.29, 1.82) is 5.26 Å². The Hall–Kier alpha value is -2.52. The van der Waals surface area contributed by atoms with Crippen LogP contribution < -0.4 is 4.74 Å². The van der Waals surface area contributed by atoms with Gasteiger partial charge >= 0.3 is 0 Å². The molecule has 1 heterocycles. The molecular formula is C16H18N2O4. The van der Waals surface area contributed by atoms with Gasteiger partial charge in [-0.3, -0.25) is 4.79 Å². The average molecular weight is 302 g/mol. The van der Waals surface area contributed by atoms with Gasteiger partial charge in [-0.1, -0.05) is 6.07 Å². The van der Waals surface area contributed by atoms with Crippen molar-refractivity contribution < 1.29 is 19.4 Å². The van der Waals surface area contributed by atoms with E-state index < -0.39 is 0 Å². The standard InChI is InChI=1S/C16H18N2O4/c1-2-22-15-10-12(3-4-14(15)19)9-13(11-17)16(20)18-5-7-21-8-6-18/h3-4,9-10,19H,2,5-8H2,1H3/b13-9+. The molecule has 6 heteroatoms. The zero-order valence-electron chi connectivity index (χ0n) is 12.4. The first-order valence-corrected chi connectivity index (χ1v) is 7.10. The SMILES string of the molecule is CCOc1cc(/C=C(\C#N)C(=O)N2CCOCC2)ccc1O. The van der Waals surface area contributed by atoms with Gasteiger partial charge in [0, 0.05) is 13.1 Å². The summed E-state index contributed by atoms with van der Waals surface area (Å²) in [6.45, 7) is 4.16. The van der Waals surface area contributed by atoms with Crippen LogP contribution in [-0.2, 0) is 9.53 Å². The highest BCUT2D eigenvalue weighted by Gasteiger charge is 2.20. The molecule has 0 atom stereocenters. The maximum absolute atomic E-state index is 12.3. The summed E-state index contributed by atoms with van der Waals surface area (Å²) in [5.41, 5.74) is 0.675. The van der Waals surface area contributed by atoms with E-state index in [4.69, 9.17) is 9.47 Å². The summed E-state index contributed by atoms with van der Waals surface area (Å²) in [6.07, 6.45) is 1.50. The summed E-state index contributed by atoms with van der Waals surface area (Å²) < 4.78 is 10.5. The number of phenols is 1. The number of hydrogen-bond acceptors (Lipinski definition) is 5. The van der Waals surface area contributed by atoms with Crippen LogP contribution in [0.25, 0.3) is 6.08 Å². The second-order valence-electron chi connectivity index (χ2n) is 4.73. The fraction of sp³-hybridized carbons (Fsp3) is 0.375. The van der Waals surface area contributed by atoms with Crippen LogP contribution in [0.2, 0.25) is 0 Å². The molecule has 0 radical (unpaired) electrons. The van der Waals surface area contributed by atoms with E-state index in [0.29, 0.717) is 44.2 Å². The molecule has 1 aliphatic heterocycles. The van der Waals surface area contributed by atoms with Gasteiger partial charge < -0.3 is 19.5 Å². The molecule has 0 spiro atoms. The molecule has 1 aromatic rings. The zero-order valence-corrected chi connectivity index (χ0v) is 12.4. The van der Waals surface area contributed by atoms with Gasteiger partial charge in [0.2, 0.25) is 0 Å². The van der Waals surface area contributed by atoms with Crippen LogP contribution >= 0.6 is 0 Å². The molecule has 0 unspecified atom stereocenters. The monoisotopic (exact) mass is 302 g/mol. The fourth-order valence-electron chi connectivity index (χ4n) is 2.14. The molecule has 1 N–H and O–H groups in total. The smallest absolute Gasteiger partial charge is 0.264 e. The van der Waals surface area contributed by atoms with E-state index >= 15 is 0 Å². The molecule has 0 aliphatic carbocycles. The lowest BCUT2D eigenvalue weighted by molar-refractivity contribution is -0.130. The number of phenolic OH excluding ortho intramolecular Hbond substituents is 1. The van der Waals surface area contributed by atoms with Crippen LogP contribution in [-0.4, -0.2) is 48.8 Å². The first-order valence-electron chi connectivity index (χ1n) is 7.10. The van der Waals surface area contributed by atoms with E-state index in [1.54, 1.807) is 17.0 Å². The van der Waals surface area contributed by atoms with Crippen LogP contribution in [0.4, 0.5) is 0 Å². The largest absolute Gasteiger partial charge is 0.504 e. The molecule has 1 aromatic carbocycles. The lowest BCUT2D eigenvalue weighted by Gasteiger charge is -2.26. The van der Waals surface area contributed by atoms with Crippen molar-refractivity contribution in [1.82, 2.24) is 4.90 Å². The van der Waals surface area contributed by atoms with Crippen LogP contribution in [0.15, 0.2) is 23.8 Å². The quantitative estimate of drug-likeness (QED) is 0.674. The second kappa shape index (κ2) is 7.48. The van der Waals surface area contributed by atoms with Crippen molar-refractivity contribution in [2.24, 2.45) is 0 Å². The Balaban J connectivity index is 2.23. The van der Waals surface area contributed by atoms with Crippen molar-refractivity contribution in [3.8, 4) is 17.6 Å². The molecular weight excluding hydrogens is 284 g/mol. The fourth-order valence-corrected chi connectivity index (χ4v) is 2.14. The Bertz CT molecular complexity index is 613. The van der Waals surface area contributed by atoms with Crippen LogP contribution in [0, 0.1) is 11.3 Å². The third-order valence-corrected chi connectivity index (χ3v) is 3.24. The number of morpholine rings is 1. The normalized spacial score (nSPS) is 15.3. The molecule has 116 valence electrons. The number of hydrogen-bond donors (Lipinski definition) is 1. The number of ether oxygens (including phenoxy) is 2. The van der Waals surface area contributed by atoms with Gasteiger partial charge in [0.1, 0.15) is 11.6 Å². The zero-order chi connectivity index (χ0) is 15.9. The van der Waals surface area contributed by atoms with Crippen molar-refractivity contribution in [2.75, 3.05) is 32.9 Å². The summed E-state index contributed by atoms with van der Waals surface area (Å²) in [5.74, 6) is 0.0428. The molecule has 6 nitrogen and oxygen atoms in total. The third kappa shape index (κ3) is 3.77. The van der Waals surface area contributed by atoms with E-state index in [9.17, 15) is 15.2 Å². The van der Waals surface area contributed by atoms with Gasteiger partial charge in [-0.2, -0.15) is 5.26 Å². The number of amides is 1. The van der Waals surface area contributed by atoms with Crippen LogP contribution in [0.1, 0.15) is 12.5 Å². The number of rotatable bonds is 4. The molecule has 1 fully saturated rings. The number of nitrogens with zero attached hydrogens (tertiary/aromatic N) is 2. The number of benzene rings is 1. The van der Waals surface area contributed by atoms with Crippen molar-refractivity contribution >= 4 is 12.0 Å².